The summed E-state index contributed by atoms with van der Waals surface area (Å²) in [6.45, 7) is 4.23. The quantitative estimate of drug-likeness (QED) is 0.368. The van der Waals surface area contributed by atoms with Crippen molar-refractivity contribution in [2.75, 3.05) is 4.72 Å². The first-order chi connectivity index (χ1) is 15.8. The van der Waals surface area contributed by atoms with Crippen LogP contribution in [-0.4, -0.2) is 18.9 Å². The number of thiazole rings is 1. The average molecular weight is 502 g/mol. The molecule has 0 saturated heterocycles. The lowest BCUT2D eigenvalue weighted by molar-refractivity contribution is 0.0998. The Morgan fingerprint density at radius 1 is 1.12 bits per heavy atom. The van der Waals surface area contributed by atoms with E-state index in [2.05, 4.69) is 16.3 Å². The maximum atomic E-state index is 13.1. The van der Waals surface area contributed by atoms with Gasteiger partial charge in [0.15, 0.2) is 4.80 Å². The summed E-state index contributed by atoms with van der Waals surface area (Å²) in [4.78, 5) is 17.4. The van der Waals surface area contributed by atoms with Crippen LogP contribution in [0.25, 0.3) is 10.2 Å². The van der Waals surface area contributed by atoms with Gasteiger partial charge in [-0.2, -0.15) is 4.99 Å². The normalized spacial score (nSPS) is 12.1. The fraction of sp³-hybridized carbons (Fsp3) is 0.0435. The standard InChI is InChI=1S/C23H17ClFN3O3S2/c1-2-13-28-20-12-5-16(24)14-21(20)32-23(28)26-22(29)15-3-8-18(9-4-15)27-33(30,31)19-10-6-17(25)7-11-19/h2-12,14,27H,1,13H2. The van der Waals surface area contributed by atoms with Crippen LogP contribution < -0.4 is 9.52 Å². The molecule has 1 heterocycles. The van der Waals surface area contributed by atoms with E-state index in [9.17, 15) is 17.6 Å². The summed E-state index contributed by atoms with van der Waals surface area (Å²) in [5.41, 5.74) is 1.44. The van der Waals surface area contributed by atoms with E-state index in [-0.39, 0.29) is 10.6 Å². The fourth-order valence-electron chi connectivity index (χ4n) is 3.10. The van der Waals surface area contributed by atoms with Gasteiger partial charge in [-0.3, -0.25) is 9.52 Å². The first-order valence-electron chi connectivity index (χ1n) is 9.64. The molecule has 0 fully saturated rings. The minimum atomic E-state index is -3.89. The maximum absolute atomic E-state index is 13.1. The Balaban J connectivity index is 1.60. The second kappa shape index (κ2) is 9.30. The maximum Gasteiger partial charge on any atom is 0.279 e. The van der Waals surface area contributed by atoms with Crippen molar-refractivity contribution in [2.24, 2.45) is 4.99 Å². The number of carbonyl (C=O) groups excluding carboxylic acids is 1. The lowest BCUT2D eigenvalue weighted by atomic mass is 10.2. The number of benzene rings is 3. The smallest absolute Gasteiger partial charge is 0.279 e. The number of rotatable bonds is 6. The van der Waals surface area contributed by atoms with Crippen LogP contribution in [-0.2, 0) is 16.6 Å². The Bertz CT molecular complexity index is 1520. The zero-order chi connectivity index (χ0) is 23.6. The average Bonchev–Trinajstić information content (AvgIpc) is 3.10. The summed E-state index contributed by atoms with van der Waals surface area (Å²) in [5.74, 6) is -1.00. The van der Waals surface area contributed by atoms with E-state index in [0.29, 0.717) is 21.9 Å². The molecule has 168 valence electrons. The molecule has 4 aromatic rings. The summed E-state index contributed by atoms with van der Waals surface area (Å²) in [6, 6.07) is 15.8. The van der Waals surface area contributed by atoms with Gasteiger partial charge in [-0.25, -0.2) is 12.8 Å². The SMILES string of the molecule is C=CCn1c(=NC(=O)c2ccc(NS(=O)(=O)c3ccc(F)cc3)cc2)sc2cc(Cl)ccc21. The highest BCUT2D eigenvalue weighted by Gasteiger charge is 2.15. The molecule has 0 spiro atoms. The van der Waals surface area contributed by atoms with Gasteiger partial charge in [-0.1, -0.05) is 29.0 Å². The molecule has 0 saturated carbocycles. The minimum Gasteiger partial charge on any atom is -0.312 e. The van der Waals surface area contributed by atoms with E-state index in [1.807, 2.05) is 16.7 Å². The largest absolute Gasteiger partial charge is 0.312 e. The molecule has 6 nitrogen and oxygen atoms in total. The third-order valence-electron chi connectivity index (χ3n) is 4.66. The van der Waals surface area contributed by atoms with Crippen molar-refractivity contribution in [3.63, 3.8) is 0 Å². The van der Waals surface area contributed by atoms with Crippen molar-refractivity contribution in [1.82, 2.24) is 4.57 Å². The molecular formula is C23H17ClFN3O3S2. The number of nitrogens with zero attached hydrogens (tertiary/aromatic N) is 2. The molecular weight excluding hydrogens is 485 g/mol. The summed E-state index contributed by atoms with van der Waals surface area (Å²) >= 11 is 7.42. The van der Waals surface area contributed by atoms with Crippen molar-refractivity contribution < 1.29 is 17.6 Å². The van der Waals surface area contributed by atoms with Gasteiger partial charge in [-0.15, -0.1) is 6.58 Å². The highest BCUT2D eigenvalue weighted by molar-refractivity contribution is 7.92. The molecule has 33 heavy (non-hydrogen) atoms. The topological polar surface area (TPSA) is 80.5 Å². The van der Waals surface area contributed by atoms with Gasteiger partial charge in [0.25, 0.3) is 15.9 Å². The van der Waals surface area contributed by atoms with Gasteiger partial charge in [-0.05, 0) is 66.7 Å². The van der Waals surface area contributed by atoms with Gasteiger partial charge in [0.05, 0.1) is 15.1 Å². The molecule has 4 rings (SSSR count). The predicted octanol–water partition coefficient (Wildman–Crippen LogP) is 5.22. The Hall–Kier alpha value is -3.27. The summed E-state index contributed by atoms with van der Waals surface area (Å²) in [5, 5.41) is 0.589. The van der Waals surface area contributed by atoms with E-state index < -0.39 is 21.7 Å². The van der Waals surface area contributed by atoms with Crippen LogP contribution in [0, 0.1) is 5.82 Å². The van der Waals surface area contributed by atoms with Gasteiger partial charge < -0.3 is 4.57 Å². The molecule has 1 amide bonds. The highest BCUT2D eigenvalue weighted by Crippen LogP contribution is 2.22. The summed E-state index contributed by atoms with van der Waals surface area (Å²) in [7, 11) is -3.89. The molecule has 0 aliphatic rings. The third kappa shape index (κ3) is 5.05. The number of hydrogen-bond acceptors (Lipinski definition) is 4. The molecule has 0 atom stereocenters. The Morgan fingerprint density at radius 3 is 2.48 bits per heavy atom. The number of anilines is 1. The molecule has 0 radical (unpaired) electrons. The van der Waals surface area contributed by atoms with E-state index in [0.717, 1.165) is 22.3 Å². The van der Waals surface area contributed by atoms with Crippen molar-refractivity contribution in [3.05, 3.63) is 101 Å². The second-order valence-corrected chi connectivity index (χ2v) is 10.1. The van der Waals surface area contributed by atoms with Crippen molar-refractivity contribution in [1.29, 1.82) is 0 Å². The second-order valence-electron chi connectivity index (χ2n) is 6.95. The number of halogens is 2. The van der Waals surface area contributed by atoms with Crippen LogP contribution in [0.3, 0.4) is 0 Å². The van der Waals surface area contributed by atoms with Crippen LogP contribution in [0.5, 0.6) is 0 Å². The Labute approximate surface area is 198 Å². The molecule has 0 unspecified atom stereocenters. The van der Waals surface area contributed by atoms with E-state index in [1.54, 1.807) is 12.1 Å². The number of aromatic nitrogens is 1. The predicted molar refractivity (Wildman–Crippen MR) is 129 cm³/mol. The molecule has 0 aliphatic carbocycles. The number of hydrogen-bond donors (Lipinski definition) is 1. The number of carbonyl (C=O) groups is 1. The zero-order valence-corrected chi connectivity index (χ0v) is 19.4. The Kier molecular flexibility index (Phi) is 6.46. The molecule has 10 heteroatoms. The van der Waals surface area contributed by atoms with E-state index >= 15 is 0 Å². The van der Waals surface area contributed by atoms with E-state index in [1.165, 1.54) is 47.7 Å². The highest BCUT2D eigenvalue weighted by atomic mass is 35.5. The van der Waals surface area contributed by atoms with Crippen LogP contribution >= 0.6 is 22.9 Å². The number of nitrogens with one attached hydrogen (secondary N) is 1. The number of sulfonamides is 1. The zero-order valence-electron chi connectivity index (χ0n) is 17.0. The molecule has 0 aliphatic heterocycles. The lowest BCUT2D eigenvalue weighted by Crippen LogP contribution is -2.16. The van der Waals surface area contributed by atoms with Crippen LogP contribution in [0.15, 0.2) is 89.3 Å². The molecule has 1 aromatic heterocycles. The van der Waals surface area contributed by atoms with Crippen LogP contribution in [0.1, 0.15) is 10.4 Å². The van der Waals surface area contributed by atoms with Crippen molar-refractivity contribution in [2.45, 2.75) is 11.4 Å². The minimum absolute atomic E-state index is 0.0734. The monoisotopic (exact) mass is 501 g/mol. The van der Waals surface area contributed by atoms with Crippen LogP contribution in [0.4, 0.5) is 10.1 Å². The molecule has 1 N–H and O–H groups in total. The van der Waals surface area contributed by atoms with Gasteiger partial charge in [0.2, 0.25) is 0 Å². The molecule has 0 bridgehead atoms. The summed E-state index contributed by atoms with van der Waals surface area (Å²) < 4.78 is 43.1. The van der Waals surface area contributed by atoms with Crippen LogP contribution in [0.2, 0.25) is 5.02 Å². The third-order valence-corrected chi connectivity index (χ3v) is 7.34. The Morgan fingerprint density at radius 2 is 1.82 bits per heavy atom. The fourth-order valence-corrected chi connectivity index (χ4v) is 5.47. The van der Waals surface area contributed by atoms with E-state index in [4.69, 9.17) is 11.6 Å². The van der Waals surface area contributed by atoms with Crippen molar-refractivity contribution >= 4 is 54.8 Å². The first-order valence-corrected chi connectivity index (χ1v) is 12.3. The lowest BCUT2D eigenvalue weighted by Gasteiger charge is -2.08. The number of amides is 1. The summed E-state index contributed by atoms with van der Waals surface area (Å²) in [6.07, 6.45) is 1.71. The van der Waals surface area contributed by atoms with Gasteiger partial charge >= 0.3 is 0 Å². The molecule has 3 aromatic carbocycles. The number of fused-ring (bicyclic) bond motifs is 1. The first kappa shape index (κ1) is 22.9. The van der Waals surface area contributed by atoms with Gasteiger partial charge in [0, 0.05) is 22.8 Å². The van der Waals surface area contributed by atoms with Crippen molar-refractivity contribution in [3.8, 4) is 0 Å². The van der Waals surface area contributed by atoms with Gasteiger partial charge in [0.1, 0.15) is 5.82 Å². The number of allylic oxidation sites excluding steroid dienone is 1.